The van der Waals surface area contributed by atoms with Gasteiger partial charge in [-0.1, -0.05) is 31.2 Å². The maximum absolute atomic E-state index is 4.37. The van der Waals surface area contributed by atoms with E-state index in [9.17, 15) is 0 Å². The van der Waals surface area contributed by atoms with Gasteiger partial charge in [-0.25, -0.2) is 4.98 Å². The van der Waals surface area contributed by atoms with Crippen molar-refractivity contribution in [1.82, 2.24) is 4.98 Å². The Balaban J connectivity index is 2.02. The number of nitrogens with zero attached hydrogens (tertiary/aromatic N) is 1. The van der Waals surface area contributed by atoms with Crippen LogP contribution in [0.2, 0.25) is 0 Å². The first-order valence-electron chi connectivity index (χ1n) is 6.13. The second-order valence-corrected chi connectivity index (χ2v) is 5.22. The molecule has 0 radical (unpaired) electrons. The van der Waals surface area contributed by atoms with Gasteiger partial charge in [-0.05, 0) is 52.0 Å². The molecule has 2 rings (SSSR count). The fraction of sp³-hybridized carbons (Fsp3) is 0.267. The van der Waals surface area contributed by atoms with E-state index in [1.807, 2.05) is 13.1 Å². The molecule has 1 heterocycles. The van der Waals surface area contributed by atoms with Crippen LogP contribution in [-0.4, -0.2) is 4.98 Å². The number of aromatic nitrogens is 1. The smallest absolute Gasteiger partial charge is 0.140 e. The van der Waals surface area contributed by atoms with E-state index in [2.05, 4.69) is 63.5 Å². The van der Waals surface area contributed by atoms with Crippen molar-refractivity contribution in [2.24, 2.45) is 0 Å². The molecule has 1 aromatic heterocycles. The SMILES string of the molecule is CCc1ccc(CNc2ncc(C)cc2Br)cc1. The number of hydrogen-bond acceptors (Lipinski definition) is 2. The Bertz CT molecular complexity index is 521. The molecule has 3 heteroatoms. The lowest BCUT2D eigenvalue weighted by Crippen LogP contribution is -2.02. The summed E-state index contributed by atoms with van der Waals surface area (Å²) in [5.41, 5.74) is 3.79. The highest BCUT2D eigenvalue weighted by Gasteiger charge is 2.01. The molecule has 0 saturated heterocycles. The topological polar surface area (TPSA) is 24.9 Å². The van der Waals surface area contributed by atoms with E-state index in [-0.39, 0.29) is 0 Å². The molecule has 0 aliphatic rings. The standard InChI is InChI=1S/C15H17BrN2/c1-3-12-4-6-13(7-5-12)10-18-15-14(16)8-11(2)9-17-15/h4-9H,3,10H2,1-2H3,(H,17,18). The van der Waals surface area contributed by atoms with Crippen molar-refractivity contribution in [1.29, 1.82) is 0 Å². The van der Waals surface area contributed by atoms with E-state index >= 15 is 0 Å². The maximum Gasteiger partial charge on any atom is 0.140 e. The molecule has 0 spiro atoms. The molecule has 0 unspecified atom stereocenters. The van der Waals surface area contributed by atoms with Crippen LogP contribution in [0.1, 0.15) is 23.6 Å². The van der Waals surface area contributed by atoms with Crippen LogP contribution in [0.25, 0.3) is 0 Å². The highest BCUT2D eigenvalue weighted by Crippen LogP contribution is 2.21. The Labute approximate surface area is 117 Å². The van der Waals surface area contributed by atoms with Gasteiger partial charge in [-0.3, -0.25) is 0 Å². The zero-order valence-electron chi connectivity index (χ0n) is 10.7. The number of aryl methyl sites for hydroxylation is 2. The molecule has 0 aliphatic heterocycles. The second kappa shape index (κ2) is 6.01. The summed E-state index contributed by atoms with van der Waals surface area (Å²) in [6.07, 6.45) is 2.95. The van der Waals surface area contributed by atoms with Crippen LogP contribution >= 0.6 is 15.9 Å². The van der Waals surface area contributed by atoms with Crippen molar-refractivity contribution in [2.45, 2.75) is 26.8 Å². The van der Waals surface area contributed by atoms with Gasteiger partial charge in [0.1, 0.15) is 5.82 Å². The summed E-state index contributed by atoms with van der Waals surface area (Å²) in [6.45, 7) is 4.99. The Morgan fingerprint density at radius 3 is 2.44 bits per heavy atom. The normalized spacial score (nSPS) is 10.4. The van der Waals surface area contributed by atoms with Crippen molar-refractivity contribution in [3.63, 3.8) is 0 Å². The average molecular weight is 305 g/mol. The summed E-state index contributed by atoms with van der Waals surface area (Å²) in [6, 6.07) is 10.7. The molecule has 2 nitrogen and oxygen atoms in total. The first kappa shape index (κ1) is 13.1. The third kappa shape index (κ3) is 3.33. The molecular formula is C15H17BrN2. The molecular weight excluding hydrogens is 288 g/mol. The van der Waals surface area contributed by atoms with E-state index in [1.165, 1.54) is 11.1 Å². The van der Waals surface area contributed by atoms with Crippen LogP contribution in [0, 0.1) is 6.92 Å². The third-order valence-electron chi connectivity index (χ3n) is 2.87. The van der Waals surface area contributed by atoms with Gasteiger partial charge < -0.3 is 5.32 Å². The van der Waals surface area contributed by atoms with Crippen molar-refractivity contribution in [3.8, 4) is 0 Å². The molecule has 0 fully saturated rings. The highest BCUT2D eigenvalue weighted by atomic mass is 79.9. The molecule has 0 atom stereocenters. The molecule has 1 aromatic carbocycles. The van der Waals surface area contributed by atoms with Crippen LogP contribution in [-0.2, 0) is 13.0 Å². The van der Waals surface area contributed by atoms with E-state index in [0.29, 0.717) is 0 Å². The Hall–Kier alpha value is -1.35. The minimum absolute atomic E-state index is 0.790. The maximum atomic E-state index is 4.37. The van der Waals surface area contributed by atoms with Crippen LogP contribution in [0.5, 0.6) is 0 Å². The third-order valence-corrected chi connectivity index (χ3v) is 3.47. The van der Waals surface area contributed by atoms with Crippen molar-refractivity contribution in [3.05, 3.63) is 57.7 Å². The lowest BCUT2D eigenvalue weighted by Gasteiger charge is -2.08. The average Bonchev–Trinajstić information content (AvgIpc) is 2.38. The zero-order chi connectivity index (χ0) is 13.0. The number of nitrogens with one attached hydrogen (secondary N) is 1. The van der Waals surface area contributed by atoms with Gasteiger partial charge in [0.2, 0.25) is 0 Å². The van der Waals surface area contributed by atoms with E-state index in [4.69, 9.17) is 0 Å². The highest BCUT2D eigenvalue weighted by molar-refractivity contribution is 9.10. The summed E-state index contributed by atoms with van der Waals surface area (Å²) in [4.78, 5) is 4.37. The quantitative estimate of drug-likeness (QED) is 0.909. The molecule has 0 amide bonds. The molecule has 18 heavy (non-hydrogen) atoms. The molecule has 0 aliphatic carbocycles. The van der Waals surface area contributed by atoms with Gasteiger partial charge in [-0.15, -0.1) is 0 Å². The summed E-state index contributed by atoms with van der Waals surface area (Å²) >= 11 is 3.52. The predicted octanol–water partition coefficient (Wildman–Crippen LogP) is 4.33. The van der Waals surface area contributed by atoms with Crippen molar-refractivity contribution < 1.29 is 0 Å². The summed E-state index contributed by atoms with van der Waals surface area (Å²) in [5, 5.41) is 3.34. The van der Waals surface area contributed by atoms with Gasteiger partial charge in [0, 0.05) is 12.7 Å². The van der Waals surface area contributed by atoms with Crippen LogP contribution in [0.3, 0.4) is 0 Å². The van der Waals surface area contributed by atoms with Gasteiger partial charge in [0.25, 0.3) is 0 Å². The fourth-order valence-corrected chi connectivity index (χ4v) is 2.35. The Kier molecular flexibility index (Phi) is 4.37. The molecule has 94 valence electrons. The van der Waals surface area contributed by atoms with E-state index in [1.54, 1.807) is 0 Å². The number of rotatable bonds is 4. The molecule has 0 bridgehead atoms. The van der Waals surface area contributed by atoms with Gasteiger partial charge in [0.15, 0.2) is 0 Å². The number of halogens is 1. The van der Waals surface area contributed by atoms with Crippen LogP contribution in [0.15, 0.2) is 41.0 Å². The van der Waals surface area contributed by atoms with E-state index in [0.717, 1.165) is 28.8 Å². The lowest BCUT2D eigenvalue weighted by atomic mass is 10.1. The lowest BCUT2D eigenvalue weighted by molar-refractivity contribution is 1.08. The number of benzene rings is 1. The van der Waals surface area contributed by atoms with Gasteiger partial charge in [-0.2, -0.15) is 0 Å². The largest absolute Gasteiger partial charge is 0.365 e. The predicted molar refractivity (Wildman–Crippen MR) is 79.8 cm³/mol. The first-order valence-corrected chi connectivity index (χ1v) is 6.92. The Morgan fingerprint density at radius 2 is 1.83 bits per heavy atom. The fourth-order valence-electron chi connectivity index (χ4n) is 1.74. The number of anilines is 1. The molecule has 1 N–H and O–H groups in total. The van der Waals surface area contributed by atoms with Crippen LogP contribution < -0.4 is 5.32 Å². The molecule has 2 aromatic rings. The summed E-state index contributed by atoms with van der Waals surface area (Å²) < 4.78 is 1.01. The molecule has 0 saturated carbocycles. The minimum atomic E-state index is 0.790. The Morgan fingerprint density at radius 1 is 1.17 bits per heavy atom. The number of hydrogen-bond donors (Lipinski definition) is 1. The van der Waals surface area contributed by atoms with Gasteiger partial charge >= 0.3 is 0 Å². The summed E-state index contributed by atoms with van der Waals surface area (Å²) in [5.74, 6) is 0.889. The second-order valence-electron chi connectivity index (χ2n) is 4.37. The number of pyridine rings is 1. The minimum Gasteiger partial charge on any atom is -0.365 e. The van der Waals surface area contributed by atoms with Crippen molar-refractivity contribution in [2.75, 3.05) is 5.32 Å². The van der Waals surface area contributed by atoms with Gasteiger partial charge in [0.05, 0.1) is 4.47 Å². The summed E-state index contributed by atoms with van der Waals surface area (Å²) in [7, 11) is 0. The van der Waals surface area contributed by atoms with E-state index < -0.39 is 0 Å². The zero-order valence-corrected chi connectivity index (χ0v) is 12.3. The first-order chi connectivity index (χ1) is 8.69. The monoisotopic (exact) mass is 304 g/mol. The van der Waals surface area contributed by atoms with Crippen LogP contribution in [0.4, 0.5) is 5.82 Å². The van der Waals surface area contributed by atoms with Crippen molar-refractivity contribution >= 4 is 21.7 Å².